The average Bonchev–Trinajstić information content (AvgIpc) is 3.19. The van der Waals surface area contributed by atoms with Crippen LogP contribution in [0.2, 0.25) is 0 Å². The van der Waals surface area contributed by atoms with Crippen LogP contribution in [0, 0.1) is 11.8 Å². The Kier molecular flexibility index (Phi) is 8.93. The van der Waals surface area contributed by atoms with Crippen LogP contribution in [-0.2, 0) is 5.60 Å². The molecule has 12 heteroatoms. The lowest BCUT2D eigenvalue weighted by Gasteiger charge is -2.59. The van der Waals surface area contributed by atoms with Crippen molar-refractivity contribution in [3.63, 3.8) is 0 Å². The van der Waals surface area contributed by atoms with Crippen molar-refractivity contribution >= 4 is 21.6 Å². The first-order chi connectivity index (χ1) is 24.6. The van der Waals surface area contributed by atoms with Crippen LogP contribution in [0.5, 0.6) is 40.2 Å². The van der Waals surface area contributed by atoms with E-state index >= 15 is 0 Å². The normalized spacial score (nSPS) is 31.8. The second kappa shape index (κ2) is 13.1. The minimum Gasteiger partial charge on any atom is -0.508 e. The first kappa shape index (κ1) is 34.9. The molecule has 1 spiro atoms. The number of phenolic OH excluding ortho intramolecular Hbond substituents is 3. The number of hydrogen-bond donors (Lipinski definition) is 6. The van der Waals surface area contributed by atoms with Crippen molar-refractivity contribution in [2.75, 3.05) is 39.8 Å². The Balaban J connectivity index is 1.48. The van der Waals surface area contributed by atoms with E-state index in [0.717, 1.165) is 59.3 Å². The van der Waals surface area contributed by atoms with Gasteiger partial charge in [-0.15, -0.1) is 0 Å². The number of aromatic hydroxyl groups is 3. The molecule has 1 saturated heterocycles. The average molecular weight is 739 g/mol. The molecule has 51 heavy (non-hydrogen) atoms. The first-order valence-electron chi connectivity index (χ1n) is 17.9. The molecule has 8 atom stereocenters. The lowest BCUT2D eigenvalue weighted by molar-refractivity contribution is -0.124. The van der Waals surface area contributed by atoms with E-state index in [9.17, 15) is 30.6 Å². The van der Waals surface area contributed by atoms with Gasteiger partial charge in [0.05, 0.1) is 27.4 Å². The molecule has 8 rings (SSSR count). The van der Waals surface area contributed by atoms with E-state index in [1.807, 2.05) is 39.8 Å². The summed E-state index contributed by atoms with van der Waals surface area (Å²) in [5.74, 6) is 1.06. The number of phenols is 3. The number of hydrogen-bond acceptors (Lipinski definition) is 12. The number of fused-ring (bicyclic) bond motifs is 7. The number of aliphatic hydroxyl groups excluding tert-OH is 3. The molecule has 10 nitrogen and oxygen atoms in total. The molecule has 0 amide bonds. The molecule has 8 unspecified atom stereocenters. The van der Waals surface area contributed by atoms with Gasteiger partial charge in [-0.1, -0.05) is 34.6 Å². The largest absolute Gasteiger partial charge is 0.508 e. The molecule has 0 aromatic heterocycles. The van der Waals surface area contributed by atoms with Gasteiger partial charge in [-0.05, 0) is 91.2 Å². The van der Waals surface area contributed by atoms with Crippen molar-refractivity contribution in [3.8, 4) is 51.4 Å². The van der Waals surface area contributed by atoms with Gasteiger partial charge in [0.2, 0.25) is 11.5 Å². The molecule has 2 aliphatic heterocycles. The minimum absolute atomic E-state index is 0.0201. The van der Waals surface area contributed by atoms with Gasteiger partial charge in [-0.25, -0.2) is 0 Å². The molecule has 3 aromatic carbocycles. The zero-order chi connectivity index (χ0) is 35.8. The summed E-state index contributed by atoms with van der Waals surface area (Å²) in [4.78, 5) is 0. The van der Waals surface area contributed by atoms with Crippen LogP contribution in [0.15, 0.2) is 30.3 Å². The zero-order valence-corrected chi connectivity index (χ0v) is 30.7. The summed E-state index contributed by atoms with van der Waals surface area (Å²) in [6.07, 6.45) is 3.56. The van der Waals surface area contributed by atoms with Crippen LogP contribution in [0.1, 0.15) is 85.5 Å². The van der Waals surface area contributed by atoms with Gasteiger partial charge in [0.1, 0.15) is 30.0 Å². The second-order valence-electron chi connectivity index (χ2n) is 14.9. The Hall–Kier alpha value is -3.16. The van der Waals surface area contributed by atoms with Crippen LogP contribution >= 0.6 is 21.6 Å². The minimum atomic E-state index is -1.46. The van der Waals surface area contributed by atoms with Gasteiger partial charge in [0.15, 0.2) is 17.1 Å². The summed E-state index contributed by atoms with van der Waals surface area (Å²) in [7, 11) is 6.49. The maximum Gasteiger partial charge on any atom is 0.207 e. The quantitative estimate of drug-likeness (QED) is 0.146. The highest BCUT2D eigenvalue weighted by molar-refractivity contribution is 8.77. The third kappa shape index (κ3) is 5.10. The van der Waals surface area contributed by atoms with Gasteiger partial charge in [0, 0.05) is 45.1 Å². The Bertz CT molecular complexity index is 1850. The molecule has 1 saturated carbocycles. The summed E-state index contributed by atoms with van der Waals surface area (Å²) in [5.41, 5.74) is 3.14. The Morgan fingerprint density at radius 2 is 1.76 bits per heavy atom. The van der Waals surface area contributed by atoms with E-state index in [2.05, 4.69) is 6.92 Å². The van der Waals surface area contributed by atoms with E-state index < -0.39 is 28.3 Å². The highest BCUT2D eigenvalue weighted by atomic mass is 33.1. The lowest BCUT2D eigenvalue weighted by atomic mass is 9.56. The van der Waals surface area contributed by atoms with Crippen LogP contribution in [-0.4, -0.2) is 81.3 Å². The van der Waals surface area contributed by atoms with E-state index in [0.29, 0.717) is 36.2 Å². The van der Waals surface area contributed by atoms with Gasteiger partial charge in [0.25, 0.3) is 0 Å². The van der Waals surface area contributed by atoms with Crippen LogP contribution in [0.4, 0.5) is 0 Å². The van der Waals surface area contributed by atoms with Crippen molar-refractivity contribution in [1.82, 2.24) is 0 Å². The smallest absolute Gasteiger partial charge is 0.207 e. The van der Waals surface area contributed by atoms with E-state index in [1.165, 1.54) is 20.3 Å². The summed E-state index contributed by atoms with van der Waals surface area (Å²) in [6, 6.07) is 8.78. The number of aliphatic hydroxyl groups is 3. The summed E-state index contributed by atoms with van der Waals surface area (Å²) in [6.45, 7) is 1.97. The Morgan fingerprint density at radius 1 is 0.941 bits per heavy atom. The predicted octanol–water partition coefficient (Wildman–Crippen LogP) is 6.52. The summed E-state index contributed by atoms with van der Waals surface area (Å²) < 4.78 is 24.0. The predicted molar refractivity (Wildman–Crippen MR) is 196 cm³/mol. The fourth-order valence-electron chi connectivity index (χ4n) is 10.1. The van der Waals surface area contributed by atoms with E-state index in [-0.39, 0.29) is 60.0 Å². The van der Waals surface area contributed by atoms with Crippen molar-refractivity contribution in [1.29, 1.82) is 0 Å². The maximum absolute atomic E-state index is 13.1. The molecular formula is C39H46O10S2. The Morgan fingerprint density at radius 3 is 2.51 bits per heavy atom. The molecule has 3 aliphatic carbocycles. The van der Waals surface area contributed by atoms with Crippen molar-refractivity contribution < 1.29 is 49.6 Å². The third-order valence-corrected chi connectivity index (χ3v) is 15.9. The number of ether oxygens (including phenoxy) is 4. The maximum atomic E-state index is 13.1. The monoisotopic (exact) mass is 738 g/mol. The molecular weight excluding hydrogens is 693 g/mol. The third-order valence-electron chi connectivity index (χ3n) is 12.6. The van der Waals surface area contributed by atoms with Gasteiger partial charge < -0.3 is 49.6 Å². The van der Waals surface area contributed by atoms with Gasteiger partial charge >= 0.3 is 0 Å². The van der Waals surface area contributed by atoms with Crippen molar-refractivity contribution in [2.24, 2.45) is 11.8 Å². The molecule has 274 valence electrons. The van der Waals surface area contributed by atoms with Crippen LogP contribution < -0.4 is 18.9 Å². The number of methoxy groups -OCH3 is 2. The highest BCUT2D eigenvalue weighted by Crippen LogP contribution is 2.70. The summed E-state index contributed by atoms with van der Waals surface area (Å²) in [5, 5.41) is 67.9. The van der Waals surface area contributed by atoms with Gasteiger partial charge in [-0.2, -0.15) is 0 Å². The fraction of sp³-hybridized carbons (Fsp3) is 0.538. The first-order valence-corrected chi connectivity index (χ1v) is 20.2. The number of rotatable bonds is 7. The molecule has 5 aliphatic rings. The molecule has 6 bridgehead atoms. The second-order valence-corrected chi connectivity index (χ2v) is 17.7. The van der Waals surface area contributed by atoms with Crippen molar-refractivity contribution in [2.45, 2.75) is 79.7 Å². The van der Waals surface area contributed by atoms with Crippen LogP contribution in [0.25, 0.3) is 11.1 Å². The molecule has 2 fully saturated rings. The zero-order valence-electron chi connectivity index (χ0n) is 29.1. The van der Waals surface area contributed by atoms with Crippen molar-refractivity contribution in [3.05, 3.63) is 52.6 Å². The van der Waals surface area contributed by atoms with Crippen LogP contribution in [0.3, 0.4) is 0 Å². The summed E-state index contributed by atoms with van der Waals surface area (Å²) >= 11 is 0. The topological polar surface area (TPSA) is 158 Å². The lowest BCUT2D eigenvalue weighted by Crippen LogP contribution is -2.61. The van der Waals surface area contributed by atoms with Gasteiger partial charge in [-0.3, -0.25) is 0 Å². The fourth-order valence-corrected chi connectivity index (χ4v) is 13.7. The molecule has 2 heterocycles. The van der Waals surface area contributed by atoms with E-state index in [4.69, 9.17) is 18.9 Å². The molecule has 6 N–H and O–H groups in total. The Labute approximate surface area is 305 Å². The molecule has 0 radical (unpaired) electrons. The molecule has 3 aromatic rings. The highest BCUT2D eigenvalue weighted by Gasteiger charge is 2.64. The number of benzene rings is 3. The standard InChI is InChI=1S/C39H46O10S2/c1-19-7-13-50-51-38-8-6-20(19)14-23-24-15-21(42)4-5-22(24)30-27(48-12-11-40)17-28-32(31(30)25(23)18-41)33(38)37(45)39(49-28,10-9-38)26-16-29(46-2)35(44)36(47-3)34(26)43/h4-5,15-17,19-20,23,25,33,37,40-45H,6-14,18H2,1-3H3. The van der Waals surface area contributed by atoms with E-state index in [1.54, 1.807) is 6.07 Å². The SMILES string of the molecule is COc1cc(C23CCC45CCC(CC6c7cc(O)ccc7-c7c(OCCO)cc(c(c7C6CO)C4C2O)O3)C(C)CCSS5)c(O)c(OC)c1O.